The normalized spacial score (nSPS) is 22.6. The van der Waals surface area contributed by atoms with E-state index in [1.54, 1.807) is 12.1 Å². The Hall–Kier alpha value is -1.66. The summed E-state index contributed by atoms with van der Waals surface area (Å²) in [6.45, 7) is 4.07. The van der Waals surface area contributed by atoms with Crippen LogP contribution in [0.3, 0.4) is 0 Å². The number of amides is 1. The molecule has 1 aromatic carbocycles. The number of likely N-dealkylation sites (tertiary alicyclic amines) is 1. The van der Waals surface area contributed by atoms with Crippen LogP contribution in [0.4, 0.5) is 4.39 Å². The molecular formula is C19H27FN2O3. The molecule has 138 valence electrons. The molecule has 2 saturated heterocycles. The Bertz CT molecular complexity index is 585. The molecule has 1 aromatic rings. The van der Waals surface area contributed by atoms with Gasteiger partial charge in [-0.25, -0.2) is 4.39 Å². The Morgan fingerprint density at radius 2 is 2.00 bits per heavy atom. The van der Waals surface area contributed by atoms with Crippen molar-refractivity contribution in [3.63, 3.8) is 0 Å². The van der Waals surface area contributed by atoms with Gasteiger partial charge >= 0.3 is 0 Å². The maximum Gasteiger partial charge on any atom is 0.260 e. The van der Waals surface area contributed by atoms with E-state index in [-0.39, 0.29) is 23.7 Å². The molecule has 25 heavy (non-hydrogen) atoms. The molecule has 3 rings (SSSR count). The predicted octanol–water partition coefficient (Wildman–Crippen LogP) is 2.02. The fraction of sp³-hybridized carbons (Fsp3) is 0.632. The summed E-state index contributed by atoms with van der Waals surface area (Å²) in [7, 11) is 4.16. The van der Waals surface area contributed by atoms with Crippen molar-refractivity contribution in [3.05, 3.63) is 30.1 Å². The first-order valence-corrected chi connectivity index (χ1v) is 8.87. The Labute approximate surface area is 148 Å². The number of carbonyl (C=O) groups excluding carboxylic acids is 1. The topological polar surface area (TPSA) is 42.0 Å². The van der Waals surface area contributed by atoms with Gasteiger partial charge in [0.05, 0.1) is 0 Å². The lowest BCUT2D eigenvalue weighted by atomic mass is 9.72. The molecule has 2 heterocycles. The molecule has 0 radical (unpaired) electrons. The number of rotatable bonds is 5. The summed E-state index contributed by atoms with van der Waals surface area (Å²) in [5, 5.41) is 0. The van der Waals surface area contributed by atoms with Crippen LogP contribution in [0.15, 0.2) is 24.3 Å². The van der Waals surface area contributed by atoms with Crippen molar-refractivity contribution in [2.75, 3.05) is 53.6 Å². The number of carbonyl (C=O) groups is 1. The average Bonchev–Trinajstić information content (AvgIpc) is 2.92. The summed E-state index contributed by atoms with van der Waals surface area (Å²) in [5.74, 6) is 0.656. The molecule has 6 heteroatoms. The number of benzene rings is 1. The molecule has 0 aliphatic carbocycles. The van der Waals surface area contributed by atoms with E-state index in [1.165, 1.54) is 12.1 Å². The summed E-state index contributed by atoms with van der Waals surface area (Å²) in [5.41, 5.74) is 0.161. The largest absolute Gasteiger partial charge is 0.484 e. The van der Waals surface area contributed by atoms with Crippen LogP contribution in [-0.2, 0) is 9.53 Å². The highest BCUT2D eigenvalue weighted by Crippen LogP contribution is 2.44. The fourth-order valence-electron chi connectivity index (χ4n) is 4.03. The first-order valence-electron chi connectivity index (χ1n) is 8.87. The molecule has 1 amide bonds. The second-order valence-electron chi connectivity index (χ2n) is 7.45. The van der Waals surface area contributed by atoms with Crippen LogP contribution in [0.1, 0.15) is 12.8 Å². The second-order valence-corrected chi connectivity index (χ2v) is 7.45. The van der Waals surface area contributed by atoms with Crippen LogP contribution in [0.5, 0.6) is 5.75 Å². The highest BCUT2D eigenvalue weighted by molar-refractivity contribution is 5.78. The molecule has 1 atom stereocenters. The summed E-state index contributed by atoms with van der Waals surface area (Å²) < 4.78 is 24.0. The van der Waals surface area contributed by atoms with Crippen molar-refractivity contribution in [3.8, 4) is 5.75 Å². The van der Waals surface area contributed by atoms with E-state index in [4.69, 9.17) is 9.47 Å². The molecule has 0 saturated carbocycles. The van der Waals surface area contributed by atoms with Crippen molar-refractivity contribution < 1.29 is 18.7 Å². The van der Waals surface area contributed by atoms with Crippen LogP contribution in [0.25, 0.3) is 0 Å². The minimum atomic E-state index is -0.314. The van der Waals surface area contributed by atoms with Gasteiger partial charge in [-0.1, -0.05) is 0 Å². The highest BCUT2D eigenvalue weighted by Gasteiger charge is 2.48. The lowest BCUT2D eigenvalue weighted by molar-refractivity contribution is -0.133. The summed E-state index contributed by atoms with van der Waals surface area (Å²) in [6.07, 6.45) is 2.02. The van der Waals surface area contributed by atoms with Gasteiger partial charge in [-0.2, -0.15) is 0 Å². The van der Waals surface area contributed by atoms with E-state index in [2.05, 4.69) is 19.0 Å². The minimum absolute atomic E-state index is 0.00329. The van der Waals surface area contributed by atoms with Crippen molar-refractivity contribution in [2.24, 2.45) is 11.3 Å². The van der Waals surface area contributed by atoms with Crippen LogP contribution in [0.2, 0.25) is 0 Å². The zero-order valence-electron chi connectivity index (χ0n) is 15.0. The number of hydrogen-bond acceptors (Lipinski definition) is 4. The van der Waals surface area contributed by atoms with Gasteiger partial charge in [-0.3, -0.25) is 4.79 Å². The van der Waals surface area contributed by atoms with Crippen molar-refractivity contribution in [2.45, 2.75) is 12.8 Å². The highest BCUT2D eigenvalue weighted by atomic mass is 19.1. The Morgan fingerprint density at radius 3 is 2.64 bits per heavy atom. The molecule has 2 aliphatic rings. The predicted molar refractivity (Wildman–Crippen MR) is 93.0 cm³/mol. The molecular weight excluding hydrogens is 323 g/mol. The molecule has 1 unspecified atom stereocenters. The molecule has 2 fully saturated rings. The van der Waals surface area contributed by atoms with E-state index in [1.807, 2.05) is 4.90 Å². The van der Waals surface area contributed by atoms with E-state index in [0.29, 0.717) is 11.7 Å². The number of hydrogen-bond donors (Lipinski definition) is 0. The SMILES string of the molecule is CN(C)CC1CN(C(=O)COc2ccc(F)cc2)CC12CCOCC2. The first kappa shape index (κ1) is 18.1. The Kier molecular flexibility index (Phi) is 5.59. The van der Waals surface area contributed by atoms with Crippen molar-refractivity contribution in [1.29, 1.82) is 0 Å². The fourth-order valence-corrected chi connectivity index (χ4v) is 4.03. The van der Waals surface area contributed by atoms with Crippen molar-refractivity contribution in [1.82, 2.24) is 9.80 Å². The van der Waals surface area contributed by atoms with Gasteiger partial charge in [-0.15, -0.1) is 0 Å². The smallest absolute Gasteiger partial charge is 0.260 e. The molecule has 0 bridgehead atoms. The van der Waals surface area contributed by atoms with Crippen LogP contribution < -0.4 is 4.74 Å². The summed E-state index contributed by atoms with van der Waals surface area (Å²) >= 11 is 0. The van der Waals surface area contributed by atoms with Gasteiger partial charge in [0, 0.05) is 32.8 Å². The third-order valence-corrected chi connectivity index (χ3v) is 5.42. The maximum absolute atomic E-state index is 12.9. The van der Waals surface area contributed by atoms with Gasteiger partial charge < -0.3 is 19.3 Å². The van der Waals surface area contributed by atoms with Gasteiger partial charge in [0.2, 0.25) is 0 Å². The quantitative estimate of drug-likeness (QED) is 0.815. The first-order chi connectivity index (χ1) is 12.0. The number of nitrogens with zero attached hydrogens (tertiary/aromatic N) is 2. The third-order valence-electron chi connectivity index (χ3n) is 5.42. The second kappa shape index (κ2) is 7.70. The van der Waals surface area contributed by atoms with Gasteiger partial charge in [-0.05, 0) is 62.5 Å². The van der Waals surface area contributed by atoms with Gasteiger partial charge in [0.15, 0.2) is 6.61 Å². The zero-order chi connectivity index (χ0) is 17.9. The van der Waals surface area contributed by atoms with E-state index in [0.717, 1.165) is 45.7 Å². The Balaban J connectivity index is 1.61. The van der Waals surface area contributed by atoms with Crippen LogP contribution in [-0.4, -0.2) is 69.3 Å². The maximum atomic E-state index is 12.9. The standard InChI is InChI=1S/C19H27FN2O3/c1-21(2)11-15-12-22(14-19(15)7-9-24-10-8-19)18(23)13-25-17-5-3-16(20)4-6-17/h3-6,15H,7-14H2,1-2H3. The molecule has 0 aromatic heterocycles. The van der Waals surface area contributed by atoms with Crippen LogP contribution >= 0.6 is 0 Å². The zero-order valence-corrected chi connectivity index (χ0v) is 15.0. The third kappa shape index (κ3) is 4.30. The molecule has 0 N–H and O–H groups in total. The minimum Gasteiger partial charge on any atom is -0.484 e. The number of halogens is 1. The number of ether oxygens (including phenoxy) is 2. The monoisotopic (exact) mass is 350 g/mol. The molecule has 2 aliphatic heterocycles. The summed E-state index contributed by atoms with van der Waals surface area (Å²) in [6, 6.07) is 5.75. The van der Waals surface area contributed by atoms with Crippen LogP contribution in [0, 0.1) is 17.2 Å². The van der Waals surface area contributed by atoms with Gasteiger partial charge in [0.1, 0.15) is 11.6 Å². The average molecular weight is 350 g/mol. The Morgan fingerprint density at radius 1 is 1.32 bits per heavy atom. The lowest BCUT2D eigenvalue weighted by Crippen LogP contribution is -2.41. The van der Waals surface area contributed by atoms with Crippen molar-refractivity contribution >= 4 is 5.91 Å². The van der Waals surface area contributed by atoms with E-state index in [9.17, 15) is 9.18 Å². The summed E-state index contributed by atoms with van der Waals surface area (Å²) in [4.78, 5) is 16.8. The van der Waals surface area contributed by atoms with E-state index < -0.39 is 0 Å². The molecule has 5 nitrogen and oxygen atoms in total. The van der Waals surface area contributed by atoms with E-state index >= 15 is 0 Å². The van der Waals surface area contributed by atoms with Gasteiger partial charge in [0.25, 0.3) is 5.91 Å². The molecule has 1 spiro atoms. The lowest BCUT2D eigenvalue weighted by Gasteiger charge is -2.38.